The van der Waals surface area contributed by atoms with Gasteiger partial charge in [-0.2, -0.15) is 0 Å². The first kappa shape index (κ1) is 13.2. The van der Waals surface area contributed by atoms with Crippen LogP contribution in [0.25, 0.3) is 5.69 Å². The molecule has 0 aliphatic carbocycles. The highest BCUT2D eigenvalue weighted by molar-refractivity contribution is 5.30. The molecule has 1 aliphatic rings. The maximum Gasteiger partial charge on any atom is 0.170 e. The van der Waals surface area contributed by atoms with Crippen molar-refractivity contribution in [3.05, 3.63) is 42.2 Å². The van der Waals surface area contributed by atoms with Gasteiger partial charge in [0.25, 0.3) is 0 Å². The van der Waals surface area contributed by atoms with Crippen LogP contribution in [0.3, 0.4) is 0 Å². The number of benzene rings is 1. The lowest BCUT2D eigenvalue weighted by atomic mass is 10.2. The fraction of sp³-hybridized carbons (Fsp3) is 0.429. The van der Waals surface area contributed by atoms with E-state index in [4.69, 9.17) is 9.47 Å². The lowest BCUT2D eigenvalue weighted by Crippen LogP contribution is -2.29. The molecule has 1 aliphatic heterocycles. The molecule has 0 amide bonds. The summed E-state index contributed by atoms with van der Waals surface area (Å²) in [6.45, 7) is 4.05. The highest BCUT2D eigenvalue weighted by atomic mass is 16.7. The molecule has 1 aromatic heterocycles. The van der Waals surface area contributed by atoms with Gasteiger partial charge in [0.15, 0.2) is 6.29 Å². The highest BCUT2D eigenvalue weighted by Crippen LogP contribution is 2.12. The molecule has 1 fully saturated rings. The number of rotatable bonds is 5. The van der Waals surface area contributed by atoms with Gasteiger partial charge in [-0.05, 0) is 19.1 Å². The lowest BCUT2D eigenvalue weighted by Gasteiger charge is -2.14. The fourth-order valence-corrected chi connectivity index (χ4v) is 2.08. The Balaban J connectivity index is 1.61. The van der Waals surface area contributed by atoms with Crippen molar-refractivity contribution in [3.8, 4) is 5.69 Å². The highest BCUT2D eigenvalue weighted by Gasteiger charge is 2.18. The quantitative estimate of drug-likeness (QED) is 0.890. The summed E-state index contributed by atoms with van der Waals surface area (Å²) in [6.07, 6.45) is 1.78. The zero-order valence-corrected chi connectivity index (χ0v) is 11.4. The van der Waals surface area contributed by atoms with Gasteiger partial charge >= 0.3 is 0 Å². The Hall–Kier alpha value is -1.76. The number of nitrogens with zero attached hydrogens (tertiary/aromatic N) is 3. The molecule has 0 radical (unpaired) electrons. The van der Waals surface area contributed by atoms with Crippen molar-refractivity contribution in [1.82, 2.24) is 20.3 Å². The molecule has 1 aromatic carbocycles. The van der Waals surface area contributed by atoms with Gasteiger partial charge in [-0.25, -0.2) is 4.68 Å². The molecule has 1 N–H and O–H groups in total. The van der Waals surface area contributed by atoms with E-state index in [9.17, 15) is 0 Å². The third-order valence-corrected chi connectivity index (χ3v) is 3.26. The molecule has 3 rings (SSSR count). The van der Waals surface area contributed by atoms with E-state index in [2.05, 4.69) is 15.6 Å². The zero-order chi connectivity index (χ0) is 13.8. The van der Waals surface area contributed by atoms with E-state index in [0.29, 0.717) is 19.8 Å². The van der Waals surface area contributed by atoms with Crippen molar-refractivity contribution in [2.75, 3.05) is 19.8 Å². The van der Waals surface area contributed by atoms with Gasteiger partial charge in [0, 0.05) is 6.54 Å². The summed E-state index contributed by atoms with van der Waals surface area (Å²) in [5.41, 5.74) is 1.90. The van der Waals surface area contributed by atoms with E-state index < -0.39 is 0 Å². The van der Waals surface area contributed by atoms with Crippen molar-refractivity contribution in [2.45, 2.75) is 19.3 Å². The average Bonchev–Trinajstić information content (AvgIpc) is 3.17. The smallest absolute Gasteiger partial charge is 0.170 e. The van der Waals surface area contributed by atoms with Crippen molar-refractivity contribution < 1.29 is 9.47 Å². The number of hydrogen-bond acceptors (Lipinski definition) is 5. The standard InChI is InChI=1S/C14H18N4O2/c1-11(15-9-14-19-7-8-20-14)13-10-18(17-16-13)12-5-3-2-4-6-12/h2-6,10-11,14-15H,7-9H2,1H3. The summed E-state index contributed by atoms with van der Waals surface area (Å²) in [5.74, 6) is 0. The van der Waals surface area contributed by atoms with Crippen LogP contribution in [0.1, 0.15) is 18.7 Å². The number of ether oxygens (including phenoxy) is 2. The molecule has 0 spiro atoms. The van der Waals surface area contributed by atoms with Crippen LogP contribution in [0.4, 0.5) is 0 Å². The summed E-state index contributed by atoms with van der Waals surface area (Å²) in [5, 5.41) is 11.7. The monoisotopic (exact) mass is 274 g/mol. The summed E-state index contributed by atoms with van der Waals surface area (Å²) in [7, 11) is 0. The van der Waals surface area contributed by atoms with E-state index >= 15 is 0 Å². The van der Waals surface area contributed by atoms with E-state index in [1.54, 1.807) is 4.68 Å². The lowest BCUT2D eigenvalue weighted by molar-refractivity contribution is -0.0404. The minimum atomic E-state index is -0.151. The Labute approximate surface area is 117 Å². The van der Waals surface area contributed by atoms with Crippen LogP contribution in [0, 0.1) is 0 Å². The molecule has 2 heterocycles. The first-order chi connectivity index (χ1) is 9.83. The fourth-order valence-electron chi connectivity index (χ4n) is 2.08. The molecule has 6 heteroatoms. The molecule has 106 valence electrons. The summed E-state index contributed by atoms with van der Waals surface area (Å²) in [6, 6.07) is 10.0. The maximum atomic E-state index is 5.39. The van der Waals surface area contributed by atoms with Gasteiger partial charge in [0.1, 0.15) is 0 Å². The molecular weight excluding hydrogens is 256 g/mol. The van der Waals surface area contributed by atoms with Gasteiger partial charge in [0.2, 0.25) is 0 Å². The van der Waals surface area contributed by atoms with Crippen molar-refractivity contribution in [3.63, 3.8) is 0 Å². The van der Waals surface area contributed by atoms with Crippen molar-refractivity contribution in [1.29, 1.82) is 0 Å². The first-order valence-electron chi connectivity index (χ1n) is 6.77. The van der Waals surface area contributed by atoms with Crippen LogP contribution < -0.4 is 5.32 Å². The zero-order valence-electron chi connectivity index (χ0n) is 11.4. The number of para-hydroxylation sites is 1. The Bertz CT molecular complexity index is 537. The predicted octanol–water partition coefficient (Wildman–Crippen LogP) is 1.29. The van der Waals surface area contributed by atoms with Crippen LogP contribution >= 0.6 is 0 Å². The van der Waals surface area contributed by atoms with Crippen LogP contribution in [-0.4, -0.2) is 41.0 Å². The van der Waals surface area contributed by atoms with Gasteiger partial charge in [-0.1, -0.05) is 23.4 Å². The SMILES string of the molecule is CC(NCC1OCCO1)c1cn(-c2ccccc2)nn1. The van der Waals surface area contributed by atoms with E-state index in [1.807, 2.05) is 43.5 Å². The second kappa shape index (κ2) is 6.13. The van der Waals surface area contributed by atoms with Gasteiger partial charge in [-0.3, -0.25) is 0 Å². The average molecular weight is 274 g/mol. The van der Waals surface area contributed by atoms with E-state index in [0.717, 1.165) is 11.4 Å². The molecule has 1 unspecified atom stereocenters. The van der Waals surface area contributed by atoms with Crippen LogP contribution in [0.5, 0.6) is 0 Å². The van der Waals surface area contributed by atoms with Crippen molar-refractivity contribution in [2.24, 2.45) is 0 Å². The normalized spacial score (nSPS) is 17.4. The second-order valence-corrected chi connectivity index (χ2v) is 4.72. The topological polar surface area (TPSA) is 61.2 Å². The van der Waals surface area contributed by atoms with Crippen LogP contribution in [0.15, 0.2) is 36.5 Å². The largest absolute Gasteiger partial charge is 0.349 e. The number of hydrogen-bond donors (Lipinski definition) is 1. The molecule has 6 nitrogen and oxygen atoms in total. The predicted molar refractivity (Wildman–Crippen MR) is 73.5 cm³/mol. The van der Waals surface area contributed by atoms with Gasteiger partial charge in [-0.15, -0.1) is 5.10 Å². The third-order valence-electron chi connectivity index (χ3n) is 3.26. The molecule has 1 atom stereocenters. The number of nitrogens with one attached hydrogen (secondary N) is 1. The van der Waals surface area contributed by atoms with Gasteiger partial charge in [0.05, 0.1) is 36.8 Å². The molecular formula is C14H18N4O2. The Morgan fingerprint density at radius 3 is 2.80 bits per heavy atom. The summed E-state index contributed by atoms with van der Waals surface area (Å²) < 4.78 is 12.5. The Morgan fingerprint density at radius 1 is 1.30 bits per heavy atom. The molecule has 2 aromatic rings. The first-order valence-corrected chi connectivity index (χ1v) is 6.77. The van der Waals surface area contributed by atoms with Crippen LogP contribution in [-0.2, 0) is 9.47 Å². The Morgan fingerprint density at radius 2 is 2.05 bits per heavy atom. The number of aromatic nitrogens is 3. The minimum Gasteiger partial charge on any atom is -0.349 e. The Kier molecular flexibility index (Phi) is 4.05. The molecule has 0 saturated carbocycles. The second-order valence-electron chi connectivity index (χ2n) is 4.72. The maximum absolute atomic E-state index is 5.39. The van der Waals surface area contributed by atoms with Crippen molar-refractivity contribution >= 4 is 0 Å². The van der Waals surface area contributed by atoms with E-state index in [1.165, 1.54) is 0 Å². The molecule has 0 bridgehead atoms. The molecule has 20 heavy (non-hydrogen) atoms. The minimum absolute atomic E-state index is 0.0975. The third kappa shape index (κ3) is 3.04. The summed E-state index contributed by atoms with van der Waals surface area (Å²) >= 11 is 0. The van der Waals surface area contributed by atoms with Gasteiger partial charge < -0.3 is 14.8 Å². The molecule has 1 saturated heterocycles. The summed E-state index contributed by atoms with van der Waals surface area (Å²) in [4.78, 5) is 0. The van der Waals surface area contributed by atoms with E-state index in [-0.39, 0.29) is 12.3 Å². The van der Waals surface area contributed by atoms with Crippen LogP contribution in [0.2, 0.25) is 0 Å².